The average Bonchev–Trinajstić information content (AvgIpc) is 2.42. The van der Waals surface area contributed by atoms with E-state index in [1.54, 1.807) is 0 Å². The average molecular weight is 290 g/mol. The highest BCUT2D eigenvalue weighted by molar-refractivity contribution is 6.31. The Morgan fingerprint density at radius 2 is 1.85 bits per heavy atom. The molecule has 3 heteroatoms. The summed E-state index contributed by atoms with van der Waals surface area (Å²) < 4.78 is 0. The first-order valence-electron chi connectivity index (χ1n) is 6.73. The van der Waals surface area contributed by atoms with Crippen LogP contribution >= 0.6 is 11.6 Å². The summed E-state index contributed by atoms with van der Waals surface area (Å²) in [5, 5.41) is 11.3. The van der Waals surface area contributed by atoms with Gasteiger partial charge in [0.15, 0.2) is 0 Å². The molecule has 0 saturated carbocycles. The predicted octanol–water partition coefficient (Wildman–Crippen LogP) is 3.73. The first-order chi connectivity index (χ1) is 9.52. The zero-order valence-electron chi connectivity index (χ0n) is 11.8. The topological polar surface area (TPSA) is 46.2 Å². The van der Waals surface area contributed by atoms with Crippen molar-refractivity contribution in [2.24, 2.45) is 5.73 Å². The predicted molar refractivity (Wildman–Crippen MR) is 84.1 cm³/mol. The van der Waals surface area contributed by atoms with Crippen LogP contribution in [0.5, 0.6) is 0 Å². The maximum absolute atomic E-state index is 10.6. The Hall–Kier alpha value is -1.35. The highest BCUT2D eigenvalue weighted by Crippen LogP contribution is 2.32. The number of benzene rings is 2. The molecule has 106 valence electrons. The van der Waals surface area contributed by atoms with Crippen molar-refractivity contribution in [3.63, 3.8) is 0 Å². The van der Waals surface area contributed by atoms with Crippen LogP contribution in [0.25, 0.3) is 0 Å². The normalized spacial score (nSPS) is 14.1. The van der Waals surface area contributed by atoms with Gasteiger partial charge in [-0.2, -0.15) is 0 Å². The van der Waals surface area contributed by atoms with Crippen LogP contribution in [0, 0.1) is 13.8 Å². The Kier molecular flexibility index (Phi) is 4.81. The first kappa shape index (κ1) is 15.0. The quantitative estimate of drug-likeness (QED) is 0.901. The molecule has 0 fully saturated rings. The van der Waals surface area contributed by atoms with E-state index in [2.05, 4.69) is 6.07 Å². The van der Waals surface area contributed by atoms with Gasteiger partial charge >= 0.3 is 0 Å². The number of aryl methyl sites for hydroxylation is 2. The molecule has 2 unspecified atom stereocenters. The van der Waals surface area contributed by atoms with E-state index in [9.17, 15) is 5.11 Å². The minimum Gasteiger partial charge on any atom is -0.388 e. The minimum absolute atomic E-state index is 0.131. The second-order valence-electron chi connectivity index (χ2n) is 5.21. The van der Waals surface area contributed by atoms with Gasteiger partial charge in [-0.3, -0.25) is 0 Å². The molecule has 0 bridgehead atoms. The molecule has 2 aromatic rings. The molecule has 0 aliphatic carbocycles. The fourth-order valence-electron chi connectivity index (χ4n) is 2.37. The van der Waals surface area contributed by atoms with Gasteiger partial charge in [0, 0.05) is 17.5 Å². The number of hydrogen-bond donors (Lipinski definition) is 2. The highest BCUT2D eigenvalue weighted by Gasteiger charge is 2.22. The lowest BCUT2D eigenvalue weighted by Crippen LogP contribution is -2.20. The number of aliphatic hydroxyl groups is 1. The third-order valence-corrected chi connectivity index (χ3v) is 4.05. The SMILES string of the molecule is Cc1cccc(C(CN)C(O)c2ccc(C)c(Cl)c2)c1. The summed E-state index contributed by atoms with van der Waals surface area (Å²) in [6.07, 6.45) is -0.653. The maximum Gasteiger partial charge on any atom is 0.0871 e. The molecule has 2 nitrogen and oxygen atoms in total. The second-order valence-corrected chi connectivity index (χ2v) is 5.62. The Bertz CT molecular complexity index is 597. The molecule has 20 heavy (non-hydrogen) atoms. The van der Waals surface area contributed by atoms with Crippen molar-refractivity contribution in [2.45, 2.75) is 25.9 Å². The summed E-state index contributed by atoms with van der Waals surface area (Å²) in [6.45, 7) is 4.36. The Morgan fingerprint density at radius 1 is 1.10 bits per heavy atom. The molecule has 2 aromatic carbocycles. The standard InChI is InChI=1S/C17H20ClNO/c1-11-4-3-5-13(8-11)15(10-19)17(20)14-7-6-12(2)16(18)9-14/h3-9,15,17,20H,10,19H2,1-2H3. The van der Waals surface area contributed by atoms with E-state index in [0.717, 1.165) is 22.3 Å². The third-order valence-electron chi connectivity index (χ3n) is 3.64. The zero-order chi connectivity index (χ0) is 14.7. The zero-order valence-corrected chi connectivity index (χ0v) is 12.6. The third kappa shape index (κ3) is 3.21. The smallest absolute Gasteiger partial charge is 0.0871 e. The number of nitrogens with two attached hydrogens (primary N) is 1. The Labute approximate surface area is 125 Å². The highest BCUT2D eigenvalue weighted by atomic mass is 35.5. The lowest BCUT2D eigenvalue weighted by atomic mass is 9.88. The molecule has 0 radical (unpaired) electrons. The number of aliphatic hydroxyl groups excluding tert-OH is 1. The molecule has 0 spiro atoms. The van der Waals surface area contributed by atoms with Crippen molar-refractivity contribution in [1.29, 1.82) is 0 Å². The molecule has 0 aliphatic rings. The Balaban J connectivity index is 2.33. The van der Waals surface area contributed by atoms with Gasteiger partial charge in [-0.15, -0.1) is 0 Å². The van der Waals surface area contributed by atoms with Gasteiger partial charge in [0.05, 0.1) is 6.10 Å². The summed E-state index contributed by atoms with van der Waals surface area (Å²) in [4.78, 5) is 0. The molecule has 2 atom stereocenters. The second kappa shape index (κ2) is 6.40. The molecule has 0 aliphatic heterocycles. The van der Waals surface area contributed by atoms with Gasteiger partial charge in [0.25, 0.3) is 0 Å². The van der Waals surface area contributed by atoms with Crippen LogP contribution in [0.4, 0.5) is 0 Å². The van der Waals surface area contributed by atoms with Gasteiger partial charge in [-0.05, 0) is 36.6 Å². The van der Waals surface area contributed by atoms with E-state index in [1.807, 2.05) is 50.2 Å². The van der Waals surface area contributed by atoms with E-state index in [0.29, 0.717) is 11.6 Å². The van der Waals surface area contributed by atoms with Crippen LogP contribution in [0.3, 0.4) is 0 Å². The van der Waals surface area contributed by atoms with E-state index >= 15 is 0 Å². The molecule has 0 amide bonds. The van der Waals surface area contributed by atoms with Gasteiger partial charge in [0.2, 0.25) is 0 Å². The van der Waals surface area contributed by atoms with Crippen molar-refractivity contribution in [1.82, 2.24) is 0 Å². The molecule has 3 N–H and O–H groups in total. The van der Waals surface area contributed by atoms with Gasteiger partial charge in [0.1, 0.15) is 0 Å². The van der Waals surface area contributed by atoms with Crippen LogP contribution in [-0.2, 0) is 0 Å². The van der Waals surface area contributed by atoms with Crippen molar-refractivity contribution in [2.75, 3.05) is 6.54 Å². The van der Waals surface area contributed by atoms with Crippen LogP contribution in [0.1, 0.15) is 34.3 Å². The Morgan fingerprint density at radius 3 is 2.45 bits per heavy atom. The van der Waals surface area contributed by atoms with Gasteiger partial charge in [-0.25, -0.2) is 0 Å². The molecule has 0 heterocycles. The van der Waals surface area contributed by atoms with Crippen molar-refractivity contribution >= 4 is 11.6 Å². The van der Waals surface area contributed by atoms with Crippen molar-refractivity contribution < 1.29 is 5.11 Å². The molecular formula is C17H20ClNO. The van der Waals surface area contributed by atoms with E-state index < -0.39 is 6.10 Å². The van der Waals surface area contributed by atoms with E-state index in [4.69, 9.17) is 17.3 Å². The number of hydrogen-bond acceptors (Lipinski definition) is 2. The lowest BCUT2D eigenvalue weighted by Gasteiger charge is -2.23. The van der Waals surface area contributed by atoms with Gasteiger partial charge in [-0.1, -0.05) is 53.6 Å². The fourth-order valence-corrected chi connectivity index (χ4v) is 2.56. The minimum atomic E-state index is -0.653. The fraction of sp³-hybridized carbons (Fsp3) is 0.294. The molecular weight excluding hydrogens is 270 g/mol. The summed E-state index contributed by atoms with van der Waals surface area (Å²) in [5.41, 5.74) is 9.89. The summed E-state index contributed by atoms with van der Waals surface area (Å²) in [6, 6.07) is 13.7. The van der Waals surface area contributed by atoms with Crippen LogP contribution in [0.2, 0.25) is 5.02 Å². The summed E-state index contributed by atoms with van der Waals surface area (Å²) >= 11 is 6.13. The molecule has 0 saturated heterocycles. The van der Waals surface area contributed by atoms with Crippen LogP contribution in [-0.4, -0.2) is 11.7 Å². The largest absolute Gasteiger partial charge is 0.388 e. The number of rotatable bonds is 4. The monoisotopic (exact) mass is 289 g/mol. The number of halogens is 1. The molecule has 0 aromatic heterocycles. The van der Waals surface area contributed by atoms with Crippen LogP contribution < -0.4 is 5.73 Å². The lowest BCUT2D eigenvalue weighted by molar-refractivity contribution is 0.147. The maximum atomic E-state index is 10.6. The first-order valence-corrected chi connectivity index (χ1v) is 7.11. The van der Waals surface area contributed by atoms with Crippen molar-refractivity contribution in [3.8, 4) is 0 Å². The summed E-state index contributed by atoms with van der Waals surface area (Å²) in [5.74, 6) is -0.131. The van der Waals surface area contributed by atoms with E-state index in [-0.39, 0.29) is 5.92 Å². The van der Waals surface area contributed by atoms with E-state index in [1.165, 1.54) is 0 Å². The summed E-state index contributed by atoms with van der Waals surface area (Å²) in [7, 11) is 0. The van der Waals surface area contributed by atoms with Crippen molar-refractivity contribution in [3.05, 3.63) is 69.7 Å². The van der Waals surface area contributed by atoms with Crippen LogP contribution in [0.15, 0.2) is 42.5 Å². The molecule has 2 rings (SSSR count). The van der Waals surface area contributed by atoms with Gasteiger partial charge < -0.3 is 10.8 Å².